The molecule has 0 bridgehead atoms. The molecule has 2 aliphatic rings. The van der Waals surface area contributed by atoms with E-state index in [1.54, 1.807) is 10.8 Å². The summed E-state index contributed by atoms with van der Waals surface area (Å²) >= 11 is 6.76. The molecule has 0 radical (unpaired) electrons. The maximum atomic E-state index is 13.9. The second-order valence-corrected chi connectivity index (χ2v) is 9.79. The number of fused-ring (bicyclic) bond motifs is 1. The van der Waals surface area contributed by atoms with Crippen LogP contribution in [0.4, 0.5) is 5.95 Å². The Kier molecular flexibility index (Phi) is 6.60. The Morgan fingerprint density at radius 2 is 2.05 bits per heavy atom. The minimum absolute atomic E-state index is 0.151. The Morgan fingerprint density at radius 3 is 2.78 bits per heavy atom. The monoisotopic (exact) mass is 518 g/mol. The molecule has 2 saturated heterocycles. The van der Waals surface area contributed by atoms with Gasteiger partial charge in [-0.3, -0.25) is 14.3 Å². The van der Waals surface area contributed by atoms with E-state index in [4.69, 9.17) is 26.1 Å². The number of morpholine rings is 1. The Balaban J connectivity index is 1.44. The van der Waals surface area contributed by atoms with Crippen molar-refractivity contribution in [3.63, 3.8) is 0 Å². The fourth-order valence-electron chi connectivity index (χ4n) is 4.63. The lowest BCUT2D eigenvalue weighted by Gasteiger charge is -2.27. The topological polar surface area (TPSA) is 103 Å². The molecule has 0 saturated carbocycles. The lowest BCUT2D eigenvalue weighted by molar-refractivity contribution is 0.0183. The van der Waals surface area contributed by atoms with Crippen LogP contribution < -0.4 is 16.2 Å². The van der Waals surface area contributed by atoms with E-state index in [0.717, 1.165) is 28.9 Å². The van der Waals surface area contributed by atoms with Gasteiger partial charge in [-0.15, -0.1) is 0 Å². The van der Waals surface area contributed by atoms with E-state index < -0.39 is 0 Å². The van der Waals surface area contributed by atoms with Crippen LogP contribution in [-0.4, -0.2) is 64.6 Å². The fraction of sp³-hybridized carbons (Fsp3) is 0.333. The van der Waals surface area contributed by atoms with Gasteiger partial charge in [0.05, 0.1) is 44.2 Å². The van der Waals surface area contributed by atoms with E-state index >= 15 is 0 Å². The van der Waals surface area contributed by atoms with Crippen molar-refractivity contribution in [3.05, 3.63) is 69.7 Å². The van der Waals surface area contributed by atoms with Crippen molar-refractivity contribution < 1.29 is 9.47 Å². The molecule has 0 spiro atoms. The Hall–Kier alpha value is -3.37. The van der Waals surface area contributed by atoms with E-state index in [0.29, 0.717) is 60.7 Å². The molecule has 1 aromatic carbocycles. The number of aryl methyl sites for hydroxylation is 1. The van der Waals surface area contributed by atoms with Gasteiger partial charge in [0.1, 0.15) is 5.65 Å². The zero-order valence-corrected chi connectivity index (χ0v) is 21.2. The van der Waals surface area contributed by atoms with Gasteiger partial charge in [0.15, 0.2) is 0 Å². The van der Waals surface area contributed by atoms with Crippen LogP contribution in [0.25, 0.3) is 33.4 Å². The summed E-state index contributed by atoms with van der Waals surface area (Å²) in [5.41, 5.74) is 4.15. The first kappa shape index (κ1) is 24.0. The van der Waals surface area contributed by atoms with Crippen LogP contribution in [0, 0.1) is 6.92 Å². The summed E-state index contributed by atoms with van der Waals surface area (Å²) in [5.74, 6) is 0.470. The number of aromatic nitrogens is 4. The molecule has 1 unspecified atom stereocenters. The van der Waals surface area contributed by atoms with Gasteiger partial charge in [0.2, 0.25) is 5.95 Å². The highest BCUT2D eigenvalue weighted by Crippen LogP contribution is 2.32. The largest absolute Gasteiger partial charge is 0.377 e. The molecule has 2 aliphatic heterocycles. The Morgan fingerprint density at radius 1 is 1.16 bits per heavy atom. The lowest BCUT2D eigenvalue weighted by Crippen LogP contribution is -2.42. The summed E-state index contributed by atoms with van der Waals surface area (Å²) in [4.78, 5) is 27.7. The molecule has 190 valence electrons. The average Bonchev–Trinajstić information content (AvgIpc) is 2.88. The van der Waals surface area contributed by atoms with Crippen LogP contribution in [0.3, 0.4) is 0 Å². The van der Waals surface area contributed by atoms with Crippen molar-refractivity contribution in [2.24, 2.45) is 0 Å². The number of anilines is 1. The van der Waals surface area contributed by atoms with Crippen LogP contribution in [-0.2, 0) is 16.0 Å². The molecule has 1 atom stereocenters. The van der Waals surface area contributed by atoms with Gasteiger partial charge in [0, 0.05) is 52.1 Å². The van der Waals surface area contributed by atoms with Crippen molar-refractivity contribution in [2.45, 2.75) is 25.6 Å². The number of hydrogen-bond acceptors (Lipinski definition) is 8. The molecule has 2 fully saturated rings. The van der Waals surface area contributed by atoms with Crippen LogP contribution >= 0.6 is 11.6 Å². The predicted molar refractivity (Wildman–Crippen MR) is 143 cm³/mol. The number of nitrogens with one attached hydrogen (secondary N) is 2. The van der Waals surface area contributed by atoms with Gasteiger partial charge in [-0.1, -0.05) is 29.8 Å². The number of nitrogens with zero attached hydrogens (tertiary/aromatic N) is 4. The summed E-state index contributed by atoms with van der Waals surface area (Å²) in [6.07, 6.45) is 1.59. The van der Waals surface area contributed by atoms with Crippen LogP contribution in [0.2, 0.25) is 5.02 Å². The van der Waals surface area contributed by atoms with Crippen molar-refractivity contribution in [2.75, 3.05) is 38.2 Å². The molecule has 2 N–H and O–H groups in total. The van der Waals surface area contributed by atoms with E-state index in [1.807, 2.05) is 49.4 Å². The first-order chi connectivity index (χ1) is 18.0. The highest BCUT2D eigenvalue weighted by atomic mass is 35.5. The number of halogens is 1. The Labute approximate surface area is 218 Å². The van der Waals surface area contributed by atoms with E-state index in [2.05, 4.69) is 20.6 Å². The summed E-state index contributed by atoms with van der Waals surface area (Å²) in [6, 6.07) is 13.5. The third-order valence-electron chi connectivity index (χ3n) is 6.63. The van der Waals surface area contributed by atoms with Gasteiger partial charge in [-0.25, -0.2) is 4.98 Å². The second-order valence-electron chi connectivity index (χ2n) is 9.38. The quantitative estimate of drug-likeness (QED) is 0.401. The third-order valence-corrected chi connectivity index (χ3v) is 6.94. The second kappa shape index (κ2) is 10.2. The van der Waals surface area contributed by atoms with Gasteiger partial charge >= 0.3 is 0 Å². The van der Waals surface area contributed by atoms with Gasteiger partial charge < -0.3 is 20.1 Å². The van der Waals surface area contributed by atoms with Crippen LogP contribution in [0.1, 0.15) is 5.69 Å². The number of hydrogen-bond donors (Lipinski definition) is 2. The zero-order chi connectivity index (χ0) is 25.4. The van der Waals surface area contributed by atoms with Crippen molar-refractivity contribution in [1.82, 2.24) is 24.8 Å². The van der Waals surface area contributed by atoms with Gasteiger partial charge in [0.25, 0.3) is 5.56 Å². The first-order valence-corrected chi connectivity index (χ1v) is 12.7. The van der Waals surface area contributed by atoms with E-state index in [-0.39, 0.29) is 17.7 Å². The van der Waals surface area contributed by atoms with Crippen molar-refractivity contribution in [1.29, 1.82) is 0 Å². The maximum Gasteiger partial charge on any atom is 0.260 e. The first-order valence-electron chi connectivity index (χ1n) is 12.4. The van der Waals surface area contributed by atoms with Crippen LogP contribution in [0.5, 0.6) is 0 Å². The molecule has 6 rings (SSSR count). The molecule has 9 nitrogen and oxygen atoms in total. The summed E-state index contributed by atoms with van der Waals surface area (Å²) < 4.78 is 12.8. The van der Waals surface area contributed by atoms with Crippen molar-refractivity contribution >= 4 is 28.6 Å². The molecule has 37 heavy (non-hydrogen) atoms. The number of pyridine rings is 2. The molecular weight excluding hydrogens is 492 g/mol. The molecule has 5 heterocycles. The van der Waals surface area contributed by atoms with Gasteiger partial charge in [-0.2, -0.15) is 4.98 Å². The smallest absolute Gasteiger partial charge is 0.260 e. The Bertz CT molecular complexity index is 1510. The highest BCUT2D eigenvalue weighted by Gasteiger charge is 2.22. The number of rotatable bonds is 6. The molecule has 10 heteroatoms. The SMILES string of the molecule is Cc1cccc(-c2ccc(-c3cc4cnc(NC5COC5)nc4n(CC4CNCCO4)c3=O)c(Cl)c2)n1. The summed E-state index contributed by atoms with van der Waals surface area (Å²) in [6.45, 7) is 5.59. The minimum Gasteiger partial charge on any atom is -0.377 e. The molecule has 3 aromatic heterocycles. The number of ether oxygens (including phenoxy) is 2. The maximum absolute atomic E-state index is 13.9. The molecule has 0 aliphatic carbocycles. The molecule has 0 amide bonds. The number of benzene rings is 1. The van der Waals surface area contributed by atoms with Gasteiger partial charge in [-0.05, 0) is 31.2 Å². The van der Waals surface area contributed by atoms with E-state index in [9.17, 15) is 4.79 Å². The van der Waals surface area contributed by atoms with Crippen molar-refractivity contribution in [3.8, 4) is 22.4 Å². The molecular formula is C27H27ClN6O3. The standard InChI is InChI=1S/C27H27ClN6O3/c1-16-3-2-4-24(31-16)17-5-6-21(23(28)10-17)22-9-18-11-30-27(32-19-14-36-15-19)33-25(18)34(26(22)35)13-20-12-29-7-8-37-20/h2-6,9-11,19-20,29H,7-8,12-15H2,1H3,(H,30,32,33). The summed E-state index contributed by atoms with van der Waals surface area (Å²) in [7, 11) is 0. The fourth-order valence-corrected chi connectivity index (χ4v) is 4.91. The van der Waals surface area contributed by atoms with Crippen LogP contribution in [0.15, 0.2) is 53.5 Å². The molecule has 4 aromatic rings. The average molecular weight is 519 g/mol. The van der Waals surface area contributed by atoms with E-state index in [1.165, 1.54) is 0 Å². The normalized spacial score (nSPS) is 18.1. The third kappa shape index (κ3) is 4.95. The zero-order valence-electron chi connectivity index (χ0n) is 20.4. The minimum atomic E-state index is -0.179. The summed E-state index contributed by atoms with van der Waals surface area (Å²) in [5, 5.41) is 7.82. The highest BCUT2D eigenvalue weighted by molar-refractivity contribution is 6.33. The predicted octanol–water partition coefficient (Wildman–Crippen LogP) is 3.28. The lowest BCUT2D eigenvalue weighted by atomic mass is 10.0.